The molecule has 0 amide bonds. The molecule has 120 valence electrons. The van der Waals surface area contributed by atoms with Crippen LogP contribution in [0.3, 0.4) is 0 Å². The Morgan fingerprint density at radius 2 is 2.05 bits per heavy atom. The van der Waals surface area contributed by atoms with Gasteiger partial charge in [0.25, 0.3) is 0 Å². The molecule has 5 heteroatoms. The monoisotopic (exact) mass is 308 g/mol. The van der Waals surface area contributed by atoms with Crippen LogP contribution in [0, 0.1) is 5.82 Å². The van der Waals surface area contributed by atoms with Crippen molar-refractivity contribution in [1.82, 2.24) is 0 Å². The second-order valence-corrected chi connectivity index (χ2v) is 5.14. The van der Waals surface area contributed by atoms with Crippen molar-refractivity contribution in [3.8, 4) is 5.75 Å². The van der Waals surface area contributed by atoms with Crippen LogP contribution in [0.15, 0.2) is 27.4 Å². The molecule has 2 rings (SSSR count). The van der Waals surface area contributed by atoms with Crippen LogP contribution in [0.2, 0.25) is 0 Å². The number of hydrogen-bond acceptors (Lipinski definition) is 4. The largest absolute Gasteiger partial charge is 0.490 e. The van der Waals surface area contributed by atoms with Gasteiger partial charge in [-0.3, -0.25) is 0 Å². The van der Waals surface area contributed by atoms with Crippen molar-refractivity contribution in [2.24, 2.45) is 0 Å². The molecule has 0 saturated carbocycles. The summed E-state index contributed by atoms with van der Waals surface area (Å²) in [4.78, 5) is 12.0. The molecule has 2 aromatic rings. The highest BCUT2D eigenvalue weighted by molar-refractivity contribution is 5.83. The molecule has 0 aliphatic rings. The average molecular weight is 308 g/mol. The molecule has 0 atom stereocenters. The normalized spacial score (nSPS) is 11.0. The van der Waals surface area contributed by atoms with Crippen LogP contribution in [-0.4, -0.2) is 20.3 Å². The smallest absolute Gasteiger partial charge is 0.346 e. The number of unbranched alkanes of at least 4 members (excludes halogenated alkanes) is 1. The van der Waals surface area contributed by atoms with Crippen LogP contribution in [-0.2, 0) is 11.2 Å². The predicted molar refractivity (Wildman–Crippen MR) is 83.0 cm³/mol. The summed E-state index contributed by atoms with van der Waals surface area (Å²) in [5.41, 5.74) is -0.664. The first-order valence-corrected chi connectivity index (χ1v) is 7.54. The van der Waals surface area contributed by atoms with Gasteiger partial charge in [0.2, 0.25) is 0 Å². The number of ether oxygens (including phenoxy) is 2. The Morgan fingerprint density at radius 1 is 1.23 bits per heavy atom. The Bertz CT molecular complexity index is 678. The molecule has 0 fully saturated rings. The highest BCUT2D eigenvalue weighted by Crippen LogP contribution is 2.25. The lowest BCUT2D eigenvalue weighted by molar-refractivity contribution is 0.193. The van der Waals surface area contributed by atoms with E-state index in [9.17, 15) is 9.18 Å². The lowest BCUT2D eigenvalue weighted by Gasteiger charge is -2.09. The van der Waals surface area contributed by atoms with Crippen molar-refractivity contribution in [3.05, 3.63) is 40.2 Å². The molecule has 0 N–H and O–H groups in total. The van der Waals surface area contributed by atoms with Crippen molar-refractivity contribution in [2.45, 2.75) is 32.6 Å². The Labute approximate surface area is 128 Å². The van der Waals surface area contributed by atoms with Gasteiger partial charge in [-0.25, -0.2) is 9.18 Å². The maximum Gasteiger partial charge on any atom is 0.346 e. The second kappa shape index (κ2) is 7.94. The number of aryl methyl sites for hydroxylation is 1. The van der Waals surface area contributed by atoms with E-state index in [0.717, 1.165) is 19.3 Å². The topological polar surface area (TPSA) is 48.7 Å². The zero-order chi connectivity index (χ0) is 15.9. The Balaban J connectivity index is 2.29. The van der Waals surface area contributed by atoms with Gasteiger partial charge in [-0.15, -0.1) is 0 Å². The first-order chi connectivity index (χ1) is 10.7. The molecule has 22 heavy (non-hydrogen) atoms. The summed E-state index contributed by atoms with van der Waals surface area (Å²) < 4.78 is 29.9. The van der Waals surface area contributed by atoms with Crippen molar-refractivity contribution >= 4 is 10.8 Å². The average Bonchev–Trinajstić information content (AvgIpc) is 2.49. The summed E-state index contributed by atoms with van der Waals surface area (Å²) in [5, 5.41) is 0.480. The molecular weight excluding hydrogens is 287 g/mol. The fraction of sp³-hybridized carbons (Fsp3) is 0.471. The maximum atomic E-state index is 14.4. The van der Waals surface area contributed by atoms with Crippen LogP contribution >= 0.6 is 0 Å². The van der Waals surface area contributed by atoms with E-state index in [1.807, 2.05) is 6.92 Å². The van der Waals surface area contributed by atoms with E-state index in [1.165, 1.54) is 0 Å². The number of methoxy groups -OCH3 is 1. The fourth-order valence-electron chi connectivity index (χ4n) is 2.22. The van der Waals surface area contributed by atoms with Gasteiger partial charge in [0.1, 0.15) is 11.1 Å². The van der Waals surface area contributed by atoms with Crippen molar-refractivity contribution in [2.75, 3.05) is 20.3 Å². The number of rotatable bonds is 8. The molecule has 1 aromatic heterocycles. The van der Waals surface area contributed by atoms with Gasteiger partial charge < -0.3 is 13.9 Å². The first kappa shape index (κ1) is 16.5. The highest BCUT2D eigenvalue weighted by atomic mass is 19.1. The summed E-state index contributed by atoms with van der Waals surface area (Å²) in [7, 11) is 1.62. The number of fused-ring (bicyclic) bond motifs is 1. The van der Waals surface area contributed by atoms with E-state index >= 15 is 0 Å². The van der Waals surface area contributed by atoms with Crippen molar-refractivity contribution < 1.29 is 18.3 Å². The summed E-state index contributed by atoms with van der Waals surface area (Å²) in [5.74, 6) is -0.0141. The quantitative estimate of drug-likeness (QED) is 0.698. The molecule has 4 nitrogen and oxygen atoms in total. The van der Waals surface area contributed by atoms with Crippen LogP contribution in [0.4, 0.5) is 4.39 Å². The third-order valence-corrected chi connectivity index (χ3v) is 3.41. The molecular formula is C17H21FO4. The molecule has 1 aromatic carbocycles. The van der Waals surface area contributed by atoms with E-state index in [4.69, 9.17) is 13.9 Å². The van der Waals surface area contributed by atoms with E-state index in [1.54, 1.807) is 25.3 Å². The highest BCUT2D eigenvalue weighted by Gasteiger charge is 2.14. The minimum absolute atomic E-state index is 0.0514. The molecule has 0 bridgehead atoms. The maximum absolute atomic E-state index is 14.4. The zero-order valence-electron chi connectivity index (χ0n) is 13.0. The van der Waals surface area contributed by atoms with Gasteiger partial charge in [0.15, 0.2) is 11.6 Å². The summed E-state index contributed by atoms with van der Waals surface area (Å²) in [6.07, 6.45) is 3.12. The minimum atomic E-state index is -0.664. The molecule has 0 radical (unpaired) electrons. The number of hydrogen-bond donors (Lipinski definition) is 0. The van der Waals surface area contributed by atoms with Gasteiger partial charge in [-0.2, -0.15) is 0 Å². The summed E-state index contributed by atoms with van der Waals surface area (Å²) in [6.45, 7) is 3.04. The van der Waals surface area contributed by atoms with Gasteiger partial charge in [-0.05, 0) is 30.4 Å². The van der Waals surface area contributed by atoms with Gasteiger partial charge in [0.05, 0.1) is 6.61 Å². The SMILES string of the molecule is CCCCOc1ccc2cc(CCCOC)oc(=O)c2c1F. The zero-order valence-corrected chi connectivity index (χ0v) is 13.0. The molecule has 0 unspecified atom stereocenters. The minimum Gasteiger partial charge on any atom is -0.490 e. The molecule has 0 spiro atoms. The Morgan fingerprint density at radius 3 is 2.77 bits per heavy atom. The van der Waals surface area contributed by atoms with Gasteiger partial charge in [-0.1, -0.05) is 19.4 Å². The number of halogens is 1. The van der Waals surface area contributed by atoms with Crippen molar-refractivity contribution in [1.29, 1.82) is 0 Å². The van der Waals surface area contributed by atoms with Crippen LogP contribution in [0.25, 0.3) is 10.8 Å². The lowest BCUT2D eigenvalue weighted by Crippen LogP contribution is -2.07. The molecule has 1 heterocycles. The van der Waals surface area contributed by atoms with Crippen molar-refractivity contribution in [3.63, 3.8) is 0 Å². The summed E-state index contributed by atoms with van der Waals surface area (Å²) >= 11 is 0. The van der Waals surface area contributed by atoms with Gasteiger partial charge >= 0.3 is 5.63 Å². The van der Waals surface area contributed by atoms with Crippen LogP contribution < -0.4 is 10.4 Å². The van der Waals surface area contributed by atoms with E-state index in [0.29, 0.717) is 30.8 Å². The molecule has 0 aliphatic carbocycles. The van der Waals surface area contributed by atoms with E-state index in [-0.39, 0.29) is 11.1 Å². The van der Waals surface area contributed by atoms with Crippen LogP contribution in [0.1, 0.15) is 31.9 Å². The molecule has 0 aliphatic heterocycles. The Hall–Kier alpha value is -1.88. The van der Waals surface area contributed by atoms with E-state index in [2.05, 4.69) is 0 Å². The third-order valence-electron chi connectivity index (χ3n) is 3.41. The fourth-order valence-corrected chi connectivity index (χ4v) is 2.22. The predicted octanol–water partition coefficient (Wildman–Crippen LogP) is 3.69. The summed E-state index contributed by atoms with van der Waals surface area (Å²) in [6, 6.07) is 4.95. The third kappa shape index (κ3) is 3.85. The lowest BCUT2D eigenvalue weighted by atomic mass is 10.1. The van der Waals surface area contributed by atoms with E-state index < -0.39 is 11.4 Å². The Kier molecular flexibility index (Phi) is 5.95. The van der Waals surface area contributed by atoms with Crippen LogP contribution in [0.5, 0.6) is 5.75 Å². The first-order valence-electron chi connectivity index (χ1n) is 7.54. The van der Waals surface area contributed by atoms with Gasteiger partial charge in [0, 0.05) is 20.1 Å². The second-order valence-electron chi connectivity index (χ2n) is 5.14. The molecule has 0 saturated heterocycles. The number of benzene rings is 1. The standard InChI is InChI=1S/C17H21FO4/c1-3-4-10-21-14-8-7-12-11-13(6-5-9-20-2)22-17(19)15(12)16(14)18/h7-8,11H,3-6,9-10H2,1-2H3.